The maximum atomic E-state index is 4.19. The van der Waals surface area contributed by atoms with Crippen LogP contribution in [0.1, 0.15) is 6.92 Å². The molecule has 0 aliphatic carbocycles. The van der Waals surface area contributed by atoms with Crippen LogP contribution in [0.5, 0.6) is 0 Å². The molecule has 5 nitrogen and oxygen atoms in total. The van der Waals surface area contributed by atoms with Gasteiger partial charge < -0.3 is 10.2 Å². The number of piperazine rings is 1. The van der Waals surface area contributed by atoms with Gasteiger partial charge in [-0.3, -0.25) is 0 Å². The van der Waals surface area contributed by atoms with Gasteiger partial charge in [-0.25, -0.2) is 0 Å². The first-order chi connectivity index (χ1) is 8.84. The van der Waals surface area contributed by atoms with E-state index < -0.39 is 0 Å². The maximum absolute atomic E-state index is 4.19. The molecule has 1 aliphatic heterocycles. The third-order valence-corrected chi connectivity index (χ3v) is 3.22. The molecule has 0 bridgehead atoms. The molecular weight excluding hydrogens is 226 g/mol. The fraction of sp³-hybridized carbons (Fsp3) is 0.385. The van der Waals surface area contributed by atoms with Crippen molar-refractivity contribution in [3.63, 3.8) is 0 Å². The molecule has 2 aromatic rings. The van der Waals surface area contributed by atoms with Gasteiger partial charge in [0.25, 0.3) is 0 Å². The smallest absolute Gasteiger partial charge is 0.153 e. The lowest BCUT2D eigenvalue weighted by Gasteiger charge is -2.33. The number of hydrogen-bond acceptors (Lipinski definition) is 4. The maximum Gasteiger partial charge on any atom is 0.153 e. The lowest BCUT2D eigenvalue weighted by Crippen LogP contribution is -2.49. The largest absolute Gasteiger partial charge is 0.352 e. The number of anilines is 1. The average Bonchev–Trinajstić information content (AvgIpc) is 2.89. The molecule has 5 heteroatoms. The third-order valence-electron chi connectivity index (χ3n) is 3.22. The zero-order valence-corrected chi connectivity index (χ0v) is 10.5. The van der Waals surface area contributed by atoms with Crippen molar-refractivity contribution in [3.05, 3.63) is 36.5 Å². The van der Waals surface area contributed by atoms with E-state index in [1.54, 1.807) is 0 Å². The summed E-state index contributed by atoms with van der Waals surface area (Å²) in [4.78, 5) is 2.33. The molecule has 1 unspecified atom stereocenters. The average molecular weight is 243 g/mol. The molecule has 0 radical (unpaired) electrons. The quantitative estimate of drug-likeness (QED) is 0.857. The summed E-state index contributed by atoms with van der Waals surface area (Å²) in [7, 11) is 0. The summed E-state index contributed by atoms with van der Waals surface area (Å²) in [6.07, 6.45) is 1.84. The number of benzene rings is 1. The van der Waals surface area contributed by atoms with E-state index in [1.165, 1.54) is 0 Å². The van der Waals surface area contributed by atoms with Crippen molar-refractivity contribution in [2.24, 2.45) is 0 Å². The van der Waals surface area contributed by atoms with Gasteiger partial charge in [-0.1, -0.05) is 23.4 Å². The van der Waals surface area contributed by atoms with Gasteiger partial charge in [0.1, 0.15) is 0 Å². The van der Waals surface area contributed by atoms with Crippen LogP contribution < -0.4 is 10.2 Å². The normalized spacial score (nSPS) is 20.1. The first-order valence-electron chi connectivity index (χ1n) is 6.29. The Hall–Kier alpha value is -1.88. The number of para-hydroxylation sites is 1. The summed E-state index contributed by atoms with van der Waals surface area (Å²) >= 11 is 0. The van der Waals surface area contributed by atoms with Gasteiger partial charge in [-0.15, -0.1) is 5.10 Å². The molecule has 1 fully saturated rings. The number of nitrogens with zero attached hydrogens (tertiary/aromatic N) is 4. The van der Waals surface area contributed by atoms with Gasteiger partial charge in [0, 0.05) is 25.7 Å². The number of hydrogen-bond donors (Lipinski definition) is 1. The summed E-state index contributed by atoms with van der Waals surface area (Å²) < 4.78 is 1.90. The number of aromatic nitrogens is 3. The molecule has 1 saturated heterocycles. The van der Waals surface area contributed by atoms with E-state index >= 15 is 0 Å². The Bertz CT molecular complexity index is 507. The highest BCUT2D eigenvalue weighted by molar-refractivity contribution is 5.45. The first kappa shape index (κ1) is 11.2. The molecule has 1 atom stereocenters. The number of rotatable bonds is 2. The second-order valence-electron chi connectivity index (χ2n) is 4.64. The van der Waals surface area contributed by atoms with Crippen LogP contribution in [0.15, 0.2) is 36.5 Å². The minimum absolute atomic E-state index is 0.498. The molecule has 1 N–H and O–H groups in total. The highest BCUT2D eigenvalue weighted by Crippen LogP contribution is 2.18. The molecule has 0 amide bonds. The Morgan fingerprint density at radius 1 is 1.28 bits per heavy atom. The van der Waals surface area contributed by atoms with Crippen LogP contribution in [0.3, 0.4) is 0 Å². The van der Waals surface area contributed by atoms with Gasteiger partial charge in [0.05, 0.1) is 11.9 Å². The van der Waals surface area contributed by atoms with Crippen LogP contribution in [-0.4, -0.2) is 40.7 Å². The van der Waals surface area contributed by atoms with Crippen LogP contribution in [0.4, 0.5) is 5.82 Å². The molecule has 3 rings (SSSR count). The van der Waals surface area contributed by atoms with Crippen molar-refractivity contribution in [1.82, 2.24) is 20.3 Å². The molecular formula is C13H17N5. The minimum atomic E-state index is 0.498. The van der Waals surface area contributed by atoms with Crippen molar-refractivity contribution in [2.75, 3.05) is 24.5 Å². The summed E-state index contributed by atoms with van der Waals surface area (Å²) in [5.41, 5.74) is 1.05. The second kappa shape index (κ2) is 4.78. The van der Waals surface area contributed by atoms with Gasteiger partial charge in [-0.2, -0.15) is 4.68 Å². The highest BCUT2D eigenvalue weighted by Gasteiger charge is 2.19. The van der Waals surface area contributed by atoms with Crippen LogP contribution in [0.2, 0.25) is 0 Å². The zero-order valence-electron chi connectivity index (χ0n) is 10.5. The Labute approximate surface area is 106 Å². The van der Waals surface area contributed by atoms with Crippen molar-refractivity contribution >= 4 is 5.82 Å². The van der Waals surface area contributed by atoms with Crippen molar-refractivity contribution in [3.8, 4) is 5.69 Å². The Kier molecular flexibility index (Phi) is 2.98. The molecule has 94 valence electrons. The standard InChI is InChI=1S/C13H17N5/c1-11-10-17(8-7-14-11)13-9-15-16-18(13)12-5-3-2-4-6-12/h2-6,9,11,14H,7-8,10H2,1H3. The van der Waals surface area contributed by atoms with E-state index in [4.69, 9.17) is 0 Å². The van der Waals surface area contributed by atoms with Gasteiger partial charge >= 0.3 is 0 Å². The van der Waals surface area contributed by atoms with E-state index in [2.05, 4.69) is 27.5 Å². The molecule has 2 heterocycles. The van der Waals surface area contributed by atoms with Crippen molar-refractivity contribution < 1.29 is 0 Å². The Morgan fingerprint density at radius 3 is 2.89 bits per heavy atom. The van der Waals surface area contributed by atoms with Crippen LogP contribution in [0.25, 0.3) is 5.69 Å². The first-order valence-corrected chi connectivity index (χ1v) is 6.29. The van der Waals surface area contributed by atoms with Crippen LogP contribution in [0, 0.1) is 0 Å². The van der Waals surface area contributed by atoms with E-state index in [0.717, 1.165) is 31.1 Å². The fourth-order valence-corrected chi connectivity index (χ4v) is 2.34. The van der Waals surface area contributed by atoms with Crippen molar-refractivity contribution in [1.29, 1.82) is 0 Å². The molecule has 1 aromatic carbocycles. The molecule has 18 heavy (non-hydrogen) atoms. The summed E-state index contributed by atoms with van der Waals surface area (Å²) in [5, 5.41) is 11.7. The Morgan fingerprint density at radius 2 is 2.11 bits per heavy atom. The molecule has 0 saturated carbocycles. The monoisotopic (exact) mass is 243 g/mol. The topological polar surface area (TPSA) is 46.0 Å². The van der Waals surface area contributed by atoms with Crippen LogP contribution in [-0.2, 0) is 0 Å². The molecule has 1 aliphatic rings. The Balaban J connectivity index is 1.92. The summed E-state index contributed by atoms with van der Waals surface area (Å²) in [5.74, 6) is 1.06. The third kappa shape index (κ3) is 2.09. The van der Waals surface area contributed by atoms with Gasteiger partial charge in [0.15, 0.2) is 5.82 Å². The molecule has 0 spiro atoms. The van der Waals surface area contributed by atoms with Gasteiger partial charge in [-0.05, 0) is 19.1 Å². The lowest BCUT2D eigenvalue weighted by atomic mass is 10.2. The second-order valence-corrected chi connectivity index (χ2v) is 4.64. The van der Waals surface area contributed by atoms with Gasteiger partial charge in [0.2, 0.25) is 0 Å². The summed E-state index contributed by atoms with van der Waals surface area (Å²) in [6.45, 7) is 5.18. The van der Waals surface area contributed by atoms with E-state index in [9.17, 15) is 0 Å². The van der Waals surface area contributed by atoms with E-state index in [1.807, 2.05) is 41.2 Å². The van der Waals surface area contributed by atoms with E-state index in [-0.39, 0.29) is 0 Å². The minimum Gasteiger partial charge on any atom is -0.352 e. The SMILES string of the molecule is CC1CN(c2cnnn2-c2ccccc2)CCN1. The highest BCUT2D eigenvalue weighted by atomic mass is 15.5. The fourth-order valence-electron chi connectivity index (χ4n) is 2.34. The number of nitrogens with one attached hydrogen (secondary N) is 1. The predicted octanol–water partition coefficient (Wildman–Crippen LogP) is 1.07. The summed E-state index contributed by atoms with van der Waals surface area (Å²) in [6, 6.07) is 10.6. The van der Waals surface area contributed by atoms with Crippen LogP contribution >= 0.6 is 0 Å². The van der Waals surface area contributed by atoms with E-state index in [0.29, 0.717) is 6.04 Å². The zero-order chi connectivity index (χ0) is 12.4. The predicted molar refractivity (Wildman–Crippen MR) is 71.0 cm³/mol. The lowest BCUT2D eigenvalue weighted by molar-refractivity contribution is 0.479. The molecule has 1 aromatic heterocycles. The van der Waals surface area contributed by atoms with Crippen molar-refractivity contribution in [2.45, 2.75) is 13.0 Å².